The number of alkyl halides is 3. The molecule has 1 aliphatic rings. The molecule has 1 aromatic heterocycles. The van der Waals surface area contributed by atoms with E-state index in [0.717, 1.165) is 0 Å². The molecular weight excluding hydrogens is 461 g/mol. The highest BCUT2D eigenvalue weighted by Gasteiger charge is 2.62. The van der Waals surface area contributed by atoms with E-state index < -0.39 is 23.5 Å². The number of nitrogens with one attached hydrogen (secondary N) is 3. The molecule has 0 radical (unpaired) electrons. The Kier molecular flexibility index (Phi) is 6.98. The van der Waals surface area contributed by atoms with Crippen LogP contribution in [0.2, 0.25) is 0 Å². The zero-order valence-electron chi connectivity index (χ0n) is 18.1. The van der Waals surface area contributed by atoms with Gasteiger partial charge in [-0.3, -0.25) is 5.43 Å². The normalized spacial score (nSPS) is 18.0. The van der Waals surface area contributed by atoms with Crippen LogP contribution < -0.4 is 20.9 Å². The van der Waals surface area contributed by atoms with Gasteiger partial charge >= 0.3 is 12.3 Å². The molecule has 0 bridgehead atoms. The number of benzene rings is 1. The van der Waals surface area contributed by atoms with E-state index >= 15 is 0 Å². The number of hydrogen-bond acceptors (Lipinski definition) is 6. The zero-order valence-corrected chi connectivity index (χ0v) is 18.9. The van der Waals surface area contributed by atoms with E-state index in [9.17, 15) is 18.0 Å². The number of carbonyl (C=O) groups is 1. The van der Waals surface area contributed by atoms with Gasteiger partial charge in [-0.05, 0) is 51.2 Å². The van der Waals surface area contributed by atoms with Crippen molar-refractivity contribution in [3.8, 4) is 11.6 Å². The van der Waals surface area contributed by atoms with Crippen LogP contribution in [-0.4, -0.2) is 34.6 Å². The Labute approximate surface area is 193 Å². The van der Waals surface area contributed by atoms with Crippen molar-refractivity contribution in [1.29, 1.82) is 0 Å². The SMILES string of the molecule is CC(C)(C)OC(=O)NNC(=S)Nc1cccnc1Oc1ccccc1C1(C(F)(F)F)CCO1. The Hall–Kier alpha value is -3.12. The van der Waals surface area contributed by atoms with Crippen LogP contribution in [-0.2, 0) is 15.1 Å². The average Bonchev–Trinajstić information content (AvgIpc) is 2.66. The number of thiocarbonyl (C=S) groups is 1. The summed E-state index contributed by atoms with van der Waals surface area (Å²) in [6.45, 7) is 5.11. The summed E-state index contributed by atoms with van der Waals surface area (Å²) in [6, 6.07) is 8.90. The molecule has 3 N–H and O–H groups in total. The number of hydrogen-bond donors (Lipinski definition) is 3. The molecule has 2 heterocycles. The van der Waals surface area contributed by atoms with Crippen LogP contribution in [0.15, 0.2) is 42.6 Å². The quantitative estimate of drug-likeness (QED) is 0.422. The number of ether oxygens (including phenoxy) is 3. The van der Waals surface area contributed by atoms with Crippen molar-refractivity contribution >= 4 is 29.1 Å². The maximum Gasteiger partial charge on any atom is 0.426 e. The number of hydrazine groups is 1. The molecule has 0 saturated carbocycles. The van der Waals surface area contributed by atoms with Gasteiger partial charge in [-0.1, -0.05) is 18.2 Å². The van der Waals surface area contributed by atoms with Crippen molar-refractivity contribution in [1.82, 2.24) is 15.8 Å². The van der Waals surface area contributed by atoms with E-state index in [1.165, 1.54) is 24.4 Å². The fourth-order valence-corrected chi connectivity index (χ4v) is 3.18. The Bertz CT molecular complexity index is 1020. The molecule has 1 atom stereocenters. The Balaban J connectivity index is 1.75. The molecule has 1 unspecified atom stereocenters. The lowest BCUT2D eigenvalue weighted by Crippen LogP contribution is -2.52. The molecule has 1 aromatic carbocycles. The van der Waals surface area contributed by atoms with Gasteiger partial charge in [0.25, 0.3) is 0 Å². The van der Waals surface area contributed by atoms with Crippen LogP contribution in [0.3, 0.4) is 0 Å². The first-order chi connectivity index (χ1) is 15.4. The summed E-state index contributed by atoms with van der Waals surface area (Å²) in [5.41, 5.74) is 1.72. The second-order valence-corrected chi connectivity index (χ2v) is 8.49. The zero-order chi connectivity index (χ0) is 24.3. The number of amides is 1. The third-order valence-corrected chi connectivity index (χ3v) is 4.69. The molecule has 178 valence electrons. The maximum atomic E-state index is 13.8. The Morgan fingerprint density at radius 1 is 1.15 bits per heavy atom. The van der Waals surface area contributed by atoms with Gasteiger partial charge in [-0.2, -0.15) is 13.2 Å². The molecule has 1 amide bonds. The molecule has 2 aromatic rings. The third-order valence-electron chi connectivity index (χ3n) is 4.49. The summed E-state index contributed by atoms with van der Waals surface area (Å²) in [5.74, 6) is -0.0787. The first-order valence-electron chi connectivity index (χ1n) is 9.90. The minimum absolute atomic E-state index is 0.00513. The molecule has 1 fully saturated rings. The summed E-state index contributed by atoms with van der Waals surface area (Å²) >= 11 is 5.14. The standard InChI is InChI=1S/C21H23F3N4O4S/c1-19(2,3)32-18(29)28-27-17(33)26-14-8-6-11-25-16(14)31-15-9-5-4-7-13(15)20(10-12-30-20)21(22,23)24/h4-9,11H,10,12H2,1-3H3,(H,28,29)(H2,26,27,33). The van der Waals surface area contributed by atoms with Gasteiger partial charge in [0.1, 0.15) is 17.0 Å². The second-order valence-electron chi connectivity index (χ2n) is 8.08. The van der Waals surface area contributed by atoms with Crippen LogP contribution in [0.1, 0.15) is 32.8 Å². The van der Waals surface area contributed by atoms with Crippen molar-refractivity contribution in [2.24, 2.45) is 0 Å². The number of aromatic nitrogens is 1. The van der Waals surface area contributed by atoms with E-state index in [0.29, 0.717) is 0 Å². The Morgan fingerprint density at radius 3 is 2.45 bits per heavy atom. The molecule has 1 saturated heterocycles. The number of nitrogens with zero attached hydrogens (tertiary/aromatic N) is 1. The molecule has 12 heteroatoms. The lowest BCUT2D eigenvalue weighted by molar-refractivity contribution is -0.333. The fourth-order valence-electron chi connectivity index (χ4n) is 3.02. The monoisotopic (exact) mass is 484 g/mol. The van der Waals surface area contributed by atoms with Gasteiger partial charge in [0, 0.05) is 18.2 Å². The van der Waals surface area contributed by atoms with Crippen LogP contribution in [0.25, 0.3) is 0 Å². The summed E-state index contributed by atoms with van der Waals surface area (Å²) in [5, 5.41) is 2.75. The van der Waals surface area contributed by atoms with E-state index in [2.05, 4.69) is 21.2 Å². The summed E-state index contributed by atoms with van der Waals surface area (Å²) in [6.07, 6.45) is -4.16. The van der Waals surface area contributed by atoms with Crippen molar-refractivity contribution in [2.75, 3.05) is 11.9 Å². The van der Waals surface area contributed by atoms with Crippen molar-refractivity contribution in [3.63, 3.8) is 0 Å². The molecule has 0 spiro atoms. The summed E-state index contributed by atoms with van der Waals surface area (Å²) in [7, 11) is 0. The minimum atomic E-state index is -4.62. The number of pyridine rings is 1. The van der Waals surface area contributed by atoms with Gasteiger partial charge in [0.15, 0.2) is 10.7 Å². The molecule has 0 aliphatic carbocycles. The number of para-hydroxylation sites is 1. The highest BCUT2D eigenvalue weighted by atomic mass is 32.1. The van der Waals surface area contributed by atoms with Gasteiger partial charge in [0.2, 0.25) is 5.88 Å². The van der Waals surface area contributed by atoms with Crippen LogP contribution in [0.4, 0.5) is 23.7 Å². The predicted molar refractivity (Wildman–Crippen MR) is 118 cm³/mol. The third kappa shape index (κ3) is 5.82. The molecule has 3 rings (SSSR count). The maximum absolute atomic E-state index is 13.8. The summed E-state index contributed by atoms with van der Waals surface area (Å²) in [4.78, 5) is 15.8. The van der Waals surface area contributed by atoms with Gasteiger partial charge in [0.05, 0.1) is 6.61 Å². The van der Waals surface area contributed by atoms with Gasteiger partial charge in [-0.15, -0.1) is 0 Å². The van der Waals surface area contributed by atoms with Crippen molar-refractivity contribution in [3.05, 3.63) is 48.2 Å². The fraction of sp³-hybridized carbons (Fsp3) is 0.381. The number of anilines is 1. The highest BCUT2D eigenvalue weighted by Crippen LogP contribution is 2.53. The second kappa shape index (κ2) is 9.40. The molecule has 33 heavy (non-hydrogen) atoms. The summed E-state index contributed by atoms with van der Waals surface area (Å²) < 4.78 is 57.2. The topological polar surface area (TPSA) is 93.7 Å². The molecule has 8 nitrogen and oxygen atoms in total. The minimum Gasteiger partial charge on any atom is -0.443 e. The highest BCUT2D eigenvalue weighted by molar-refractivity contribution is 7.80. The molecular formula is C21H23F3N4O4S. The van der Waals surface area contributed by atoms with Crippen molar-refractivity contribution < 1.29 is 32.2 Å². The first kappa shape index (κ1) is 24.5. The predicted octanol–water partition coefficient (Wildman–Crippen LogP) is 4.78. The molecule has 1 aliphatic heterocycles. The number of carbonyl (C=O) groups excluding carboxylic acids is 1. The largest absolute Gasteiger partial charge is 0.443 e. The van der Waals surface area contributed by atoms with Crippen molar-refractivity contribution in [2.45, 2.75) is 44.6 Å². The first-order valence-corrected chi connectivity index (χ1v) is 10.3. The number of rotatable bonds is 4. The lowest BCUT2D eigenvalue weighted by Gasteiger charge is -2.43. The van der Waals surface area contributed by atoms with E-state index in [1.807, 2.05) is 0 Å². The van der Waals surface area contributed by atoms with Gasteiger partial charge in [-0.25, -0.2) is 15.2 Å². The number of halogens is 3. The average molecular weight is 485 g/mol. The van der Waals surface area contributed by atoms with Crippen LogP contribution in [0.5, 0.6) is 11.6 Å². The van der Waals surface area contributed by atoms with E-state index in [4.69, 9.17) is 26.4 Å². The van der Waals surface area contributed by atoms with Gasteiger partial charge < -0.3 is 19.5 Å². The lowest BCUT2D eigenvalue weighted by atomic mass is 9.85. The van der Waals surface area contributed by atoms with Crippen LogP contribution >= 0.6 is 12.2 Å². The van der Waals surface area contributed by atoms with Crippen LogP contribution in [0, 0.1) is 0 Å². The van der Waals surface area contributed by atoms with E-state index in [-0.39, 0.29) is 41.0 Å². The Morgan fingerprint density at radius 2 is 1.85 bits per heavy atom. The smallest absolute Gasteiger partial charge is 0.426 e. The van der Waals surface area contributed by atoms with E-state index in [1.54, 1.807) is 39.0 Å².